The maximum atomic E-state index is 11.9. The van der Waals surface area contributed by atoms with E-state index in [4.69, 9.17) is 4.74 Å². The fraction of sp³-hybridized carbons (Fsp3) is 0.182. The number of methoxy groups -OCH3 is 1. The lowest BCUT2D eigenvalue weighted by atomic mass is 10.3. The van der Waals surface area contributed by atoms with Crippen molar-refractivity contribution in [2.75, 3.05) is 12.4 Å². The van der Waals surface area contributed by atoms with Crippen molar-refractivity contribution < 1.29 is 9.53 Å². The first-order valence-corrected chi connectivity index (χ1v) is 5.32. The molecule has 0 saturated carbocycles. The van der Waals surface area contributed by atoms with Crippen LogP contribution in [0.1, 0.15) is 10.5 Å². The van der Waals surface area contributed by atoms with Gasteiger partial charge in [-0.1, -0.05) is 0 Å². The van der Waals surface area contributed by atoms with Crippen molar-refractivity contribution in [3.05, 3.63) is 40.6 Å². The van der Waals surface area contributed by atoms with E-state index in [2.05, 4.69) is 20.4 Å². The predicted molar refractivity (Wildman–Crippen MR) is 66.0 cm³/mol. The van der Waals surface area contributed by atoms with Gasteiger partial charge in [0.05, 0.1) is 25.2 Å². The van der Waals surface area contributed by atoms with Crippen LogP contribution in [0.2, 0.25) is 0 Å². The number of carbonyl (C=O) groups excluding carboxylic acids is 1. The molecular weight excluding hydrogens is 250 g/mol. The van der Waals surface area contributed by atoms with E-state index in [1.807, 2.05) is 0 Å². The largest absolute Gasteiger partial charge is 0.467 e. The predicted octanol–water partition coefficient (Wildman–Crippen LogP) is -0.169. The second kappa shape index (κ2) is 5.25. The number of hydrogen-bond acceptors (Lipinski definition) is 6. The standard InChI is InChI=1S/C11H11N5O3/c1-16-9(17)4-3-8(15-16)10(18)14-7-5-12-11(19-2)13-6-7/h3-6H,1-2H3,(H,14,18). The zero-order valence-electron chi connectivity index (χ0n) is 10.3. The van der Waals surface area contributed by atoms with E-state index in [-0.39, 0.29) is 17.3 Å². The summed E-state index contributed by atoms with van der Waals surface area (Å²) in [6.45, 7) is 0. The number of amides is 1. The number of hydrogen-bond donors (Lipinski definition) is 1. The Morgan fingerprint density at radius 3 is 2.58 bits per heavy atom. The summed E-state index contributed by atoms with van der Waals surface area (Å²) >= 11 is 0. The molecule has 8 heteroatoms. The number of carbonyl (C=O) groups is 1. The quantitative estimate of drug-likeness (QED) is 0.823. The molecule has 2 heterocycles. The Labute approximate surface area is 108 Å². The SMILES string of the molecule is COc1ncc(NC(=O)c2ccc(=O)n(C)n2)cn1. The van der Waals surface area contributed by atoms with E-state index in [1.54, 1.807) is 0 Å². The average molecular weight is 261 g/mol. The minimum absolute atomic E-state index is 0.123. The molecule has 0 aromatic carbocycles. The fourth-order valence-electron chi connectivity index (χ4n) is 1.30. The average Bonchev–Trinajstić information content (AvgIpc) is 2.42. The van der Waals surface area contributed by atoms with Crippen molar-refractivity contribution in [2.24, 2.45) is 7.05 Å². The molecule has 0 spiro atoms. The van der Waals surface area contributed by atoms with Crippen LogP contribution in [0.15, 0.2) is 29.3 Å². The summed E-state index contributed by atoms with van der Waals surface area (Å²) in [4.78, 5) is 30.7. The van der Waals surface area contributed by atoms with E-state index >= 15 is 0 Å². The molecule has 98 valence electrons. The first-order valence-electron chi connectivity index (χ1n) is 5.32. The first-order chi connectivity index (χ1) is 9.10. The Bertz CT molecular complexity index is 650. The lowest BCUT2D eigenvalue weighted by Gasteiger charge is -2.05. The summed E-state index contributed by atoms with van der Waals surface area (Å²) < 4.78 is 5.89. The highest BCUT2D eigenvalue weighted by molar-refractivity contribution is 6.02. The Kier molecular flexibility index (Phi) is 3.51. The summed E-state index contributed by atoms with van der Waals surface area (Å²) in [7, 11) is 2.91. The van der Waals surface area contributed by atoms with Crippen LogP contribution in [-0.4, -0.2) is 32.8 Å². The van der Waals surface area contributed by atoms with Crippen LogP contribution in [0.3, 0.4) is 0 Å². The zero-order chi connectivity index (χ0) is 13.8. The van der Waals surface area contributed by atoms with Crippen molar-refractivity contribution in [1.82, 2.24) is 19.7 Å². The second-order valence-corrected chi connectivity index (χ2v) is 3.59. The van der Waals surface area contributed by atoms with Crippen LogP contribution in [-0.2, 0) is 7.05 Å². The summed E-state index contributed by atoms with van der Waals surface area (Å²) in [5.41, 5.74) is 0.240. The van der Waals surface area contributed by atoms with Crippen LogP contribution in [0.25, 0.3) is 0 Å². The van der Waals surface area contributed by atoms with Crippen LogP contribution < -0.4 is 15.6 Å². The summed E-state index contributed by atoms with van der Waals surface area (Å²) in [5.74, 6) is -0.454. The fourth-order valence-corrected chi connectivity index (χ4v) is 1.30. The number of rotatable bonds is 3. The molecule has 2 rings (SSSR count). The summed E-state index contributed by atoms with van der Waals surface area (Å²) in [5, 5.41) is 6.39. The maximum absolute atomic E-state index is 11.9. The number of nitrogens with zero attached hydrogens (tertiary/aromatic N) is 4. The molecule has 0 aliphatic heterocycles. The first kappa shape index (κ1) is 12.7. The number of aromatic nitrogens is 4. The van der Waals surface area contributed by atoms with Gasteiger partial charge in [-0.25, -0.2) is 14.6 Å². The molecule has 0 radical (unpaired) electrons. The molecule has 2 aromatic rings. The molecule has 8 nitrogen and oxygen atoms in total. The molecule has 0 atom stereocenters. The van der Waals surface area contributed by atoms with Gasteiger partial charge < -0.3 is 10.1 Å². The normalized spacial score (nSPS) is 10.0. The van der Waals surface area contributed by atoms with Gasteiger partial charge in [-0.3, -0.25) is 9.59 Å². The van der Waals surface area contributed by atoms with Gasteiger partial charge in [-0.05, 0) is 6.07 Å². The maximum Gasteiger partial charge on any atom is 0.316 e. The lowest BCUT2D eigenvalue weighted by molar-refractivity contribution is 0.102. The van der Waals surface area contributed by atoms with Crippen molar-refractivity contribution in [3.63, 3.8) is 0 Å². The molecule has 0 unspecified atom stereocenters. The van der Waals surface area contributed by atoms with E-state index in [1.165, 1.54) is 38.7 Å². The second-order valence-electron chi connectivity index (χ2n) is 3.59. The molecule has 0 fully saturated rings. The van der Waals surface area contributed by atoms with E-state index in [0.29, 0.717) is 5.69 Å². The number of aryl methyl sites for hydroxylation is 1. The topological polar surface area (TPSA) is 99.0 Å². The van der Waals surface area contributed by atoms with Crippen molar-refractivity contribution in [3.8, 4) is 6.01 Å². The van der Waals surface area contributed by atoms with Crippen molar-refractivity contribution >= 4 is 11.6 Å². The minimum atomic E-state index is -0.454. The third kappa shape index (κ3) is 2.92. The highest BCUT2D eigenvalue weighted by atomic mass is 16.5. The highest BCUT2D eigenvalue weighted by Gasteiger charge is 2.09. The van der Waals surface area contributed by atoms with E-state index in [9.17, 15) is 9.59 Å². The van der Waals surface area contributed by atoms with Gasteiger partial charge in [0, 0.05) is 13.1 Å². The molecular formula is C11H11N5O3. The number of nitrogens with one attached hydrogen (secondary N) is 1. The molecule has 19 heavy (non-hydrogen) atoms. The van der Waals surface area contributed by atoms with Gasteiger partial charge in [0.1, 0.15) is 5.69 Å². The molecule has 0 saturated heterocycles. The third-order valence-electron chi connectivity index (χ3n) is 2.26. The molecule has 0 aliphatic carbocycles. The van der Waals surface area contributed by atoms with Crippen molar-refractivity contribution in [1.29, 1.82) is 0 Å². The monoisotopic (exact) mass is 261 g/mol. The molecule has 1 amide bonds. The Hall–Kier alpha value is -2.77. The number of anilines is 1. The van der Waals surface area contributed by atoms with Crippen molar-refractivity contribution in [2.45, 2.75) is 0 Å². The Morgan fingerprint density at radius 1 is 1.32 bits per heavy atom. The highest BCUT2D eigenvalue weighted by Crippen LogP contribution is 2.07. The van der Waals surface area contributed by atoms with Crippen LogP contribution >= 0.6 is 0 Å². The Morgan fingerprint density at radius 2 is 2.00 bits per heavy atom. The van der Waals surface area contributed by atoms with Gasteiger partial charge in [-0.2, -0.15) is 5.10 Å². The number of ether oxygens (including phenoxy) is 1. The smallest absolute Gasteiger partial charge is 0.316 e. The van der Waals surface area contributed by atoms with E-state index in [0.717, 1.165) is 4.68 Å². The summed E-state index contributed by atoms with van der Waals surface area (Å²) in [6.07, 6.45) is 2.82. The Balaban J connectivity index is 2.15. The van der Waals surface area contributed by atoms with E-state index < -0.39 is 5.91 Å². The van der Waals surface area contributed by atoms with Gasteiger partial charge in [0.2, 0.25) is 0 Å². The zero-order valence-corrected chi connectivity index (χ0v) is 10.3. The van der Waals surface area contributed by atoms with Crippen LogP contribution in [0.5, 0.6) is 6.01 Å². The molecule has 0 aliphatic rings. The lowest BCUT2D eigenvalue weighted by Crippen LogP contribution is -2.23. The molecule has 0 bridgehead atoms. The van der Waals surface area contributed by atoms with Gasteiger partial charge >= 0.3 is 6.01 Å². The van der Waals surface area contributed by atoms with Crippen LogP contribution in [0.4, 0.5) is 5.69 Å². The third-order valence-corrected chi connectivity index (χ3v) is 2.26. The summed E-state index contributed by atoms with van der Waals surface area (Å²) in [6, 6.07) is 2.83. The van der Waals surface area contributed by atoms with Gasteiger partial charge in [0.25, 0.3) is 11.5 Å². The van der Waals surface area contributed by atoms with Crippen LogP contribution in [0, 0.1) is 0 Å². The molecule has 1 N–H and O–H groups in total. The molecule has 2 aromatic heterocycles. The van der Waals surface area contributed by atoms with Gasteiger partial charge in [0.15, 0.2) is 0 Å². The minimum Gasteiger partial charge on any atom is -0.467 e. The van der Waals surface area contributed by atoms with Gasteiger partial charge in [-0.15, -0.1) is 0 Å².